The van der Waals surface area contributed by atoms with Crippen molar-refractivity contribution in [3.8, 4) is 0 Å². The first-order valence-electron chi connectivity index (χ1n) is 6.75. The minimum absolute atomic E-state index is 0.125. The summed E-state index contributed by atoms with van der Waals surface area (Å²) in [6.07, 6.45) is 6.26. The molecule has 0 aliphatic rings. The van der Waals surface area contributed by atoms with Crippen molar-refractivity contribution in [1.82, 2.24) is 0 Å². The zero-order valence-corrected chi connectivity index (χ0v) is 11.9. The smallest absolute Gasteiger partial charge is 0.333 e. The van der Waals surface area contributed by atoms with E-state index in [1.165, 1.54) is 0 Å². The third kappa shape index (κ3) is 19.6. The van der Waals surface area contributed by atoms with Crippen LogP contribution in [-0.4, -0.2) is 47.7 Å². The summed E-state index contributed by atoms with van der Waals surface area (Å²) in [5.74, 6) is -0.296. The second kappa shape index (κ2) is 17.1. The number of hydrogen-bond donors (Lipinski definition) is 3. The molecule has 0 unspecified atom stereocenters. The Morgan fingerprint density at radius 1 is 0.895 bits per heavy atom. The van der Waals surface area contributed by atoms with Gasteiger partial charge in [-0.2, -0.15) is 0 Å². The highest BCUT2D eigenvalue weighted by molar-refractivity contribution is 5.86. The van der Waals surface area contributed by atoms with Crippen LogP contribution in [0.15, 0.2) is 12.2 Å². The minimum Gasteiger partial charge on any atom is -0.462 e. The number of aliphatic hydroxyl groups is 3. The fourth-order valence-electron chi connectivity index (χ4n) is 1.21. The van der Waals surface area contributed by atoms with Gasteiger partial charge in [0.1, 0.15) is 0 Å². The number of ether oxygens (including phenoxy) is 1. The van der Waals surface area contributed by atoms with E-state index in [2.05, 4.69) is 6.58 Å². The van der Waals surface area contributed by atoms with Gasteiger partial charge in [-0.15, -0.1) is 0 Å². The summed E-state index contributed by atoms with van der Waals surface area (Å²) in [5, 5.41) is 23.8. The zero-order chi connectivity index (χ0) is 14.9. The van der Waals surface area contributed by atoms with Gasteiger partial charge in [-0.1, -0.05) is 32.3 Å². The maximum atomic E-state index is 11.0. The van der Waals surface area contributed by atoms with Gasteiger partial charge in [-0.05, 0) is 19.8 Å². The standard InChI is InChI=1S/C12H22O3.C2H6O2/c1-11(2)12(14)15-10-8-6-4-3-5-7-9-13;3-1-2-4/h13H,1,3-10H2,2H3;3-4H,1-2H2. The number of carbonyl (C=O) groups excluding carboxylic acids is 1. The molecule has 19 heavy (non-hydrogen) atoms. The number of carbonyl (C=O) groups is 1. The lowest BCUT2D eigenvalue weighted by molar-refractivity contribution is -0.139. The van der Waals surface area contributed by atoms with E-state index in [0.29, 0.717) is 12.2 Å². The number of esters is 1. The molecule has 0 saturated carbocycles. The molecule has 0 radical (unpaired) electrons. The number of rotatable bonds is 10. The van der Waals surface area contributed by atoms with Gasteiger partial charge < -0.3 is 20.1 Å². The molecule has 0 amide bonds. The van der Waals surface area contributed by atoms with Crippen molar-refractivity contribution < 1.29 is 24.9 Å². The van der Waals surface area contributed by atoms with E-state index in [-0.39, 0.29) is 25.8 Å². The molecule has 114 valence electrons. The van der Waals surface area contributed by atoms with E-state index in [1.807, 2.05) is 0 Å². The Hall–Kier alpha value is -0.910. The van der Waals surface area contributed by atoms with E-state index in [1.54, 1.807) is 6.92 Å². The molecule has 0 heterocycles. The SMILES string of the molecule is C=C(C)C(=O)OCCCCCCCCO.OCCO. The Morgan fingerprint density at radius 3 is 1.79 bits per heavy atom. The molecule has 3 N–H and O–H groups in total. The highest BCUT2D eigenvalue weighted by atomic mass is 16.5. The molecule has 5 nitrogen and oxygen atoms in total. The van der Waals surface area contributed by atoms with Gasteiger partial charge in [0, 0.05) is 12.2 Å². The van der Waals surface area contributed by atoms with Crippen LogP contribution >= 0.6 is 0 Å². The van der Waals surface area contributed by atoms with Gasteiger partial charge in [0.15, 0.2) is 0 Å². The molecule has 0 aliphatic heterocycles. The Labute approximate surface area is 115 Å². The predicted molar refractivity (Wildman–Crippen MR) is 74.7 cm³/mol. The van der Waals surface area contributed by atoms with Crippen LogP contribution in [-0.2, 0) is 9.53 Å². The maximum Gasteiger partial charge on any atom is 0.333 e. The Morgan fingerprint density at radius 2 is 1.37 bits per heavy atom. The zero-order valence-electron chi connectivity index (χ0n) is 11.9. The van der Waals surface area contributed by atoms with E-state index in [4.69, 9.17) is 20.1 Å². The lowest BCUT2D eigenvalue weighted by atomic mass is 10.1. The van der Waals surface area contributed by atoms with Crippen LogP contribution in [0.3, 0.4) is 0 Å². The quantitative estimate of drug-likeness (QED) is 0.319. The molecule has 5 heteroatoms. The van der Waals surface area contributed by atoms with Gasteiger partial charge in [0.25, 0.3) is 0 Å². The summed E-state index contributed by atoms with van der Waals surface area (Å²) in [7, 11) is 0. The molecule has 0 saturated heterocycles. The number of hydrogen-bond acceptors (Lipinski definition) is 5. The third-order valence-corrected chi connectivity index (χ3v) is 2.23. The molecule has 0 fully saturated rings. The van der Waals surface area contributed by atoms with Gasteiger partial charge >= 0.3 is 5.97 Å². The molecular weight excluding hydrogens is 248 g/mol. The maximum absolute atomic E-state index is 11.0. The summed E-state index contributed by atoms with van der Waals surface area (Å²) >= 11 is 0. The second-order valence-corrected chi connectivity index (χ2v) is 4.21. The second-order valence-electron chi connectivity index (χ2n) is 4.21. The summed E-state index contributed by atoms with van der Waals surface area (Å²) < 4.78 is 4.95. The molecule has 0 aromatic carbocycles. The van der Waals surface area contributed by atoms with Crippen LogP contribution in [0.25, 0.3) is 0 Å². The lowest BCUT2D eigenvalue weighted by Crippen LogP contribution is -2.05. The fraction of sp³-hybridized carbons (Fsp3) is 0.786. The van der Waals surface area contributed by atoms with Crippen molar-refractivity contribution in [2.24, 2.45) is 0 Å². The third-order valence-electron chi connectivity index (χ3n) is 2.23. The highest BCUT2D eigenvalue weighted by Crippen LogP contribution is 2.05. The normalized spacial score (nSPS) is 9.47. The predicted octanol–water partition coefficient (Wildman–Crippen LogP) is 1.41. The largest absolute Gasteiger partial charge is 0.462 e. The van der Waals surface area contributed by atoms with Crippen molar-refractivity contribution in [1.29, 1.82) is 0 Å². The van der Waals surface area contributed by atoms with Crippen molar-refractivity contribution >= 4 is 5.97 Å². The van der Waals surface area contributed by atoms with E-state index < -0.39 is 0 Å². The highest BCUT2D eigenvalue weighted by Gasteiger charge is 2.01. The van der Waals surface area contributed by atoms with Gasteiger partial charge in [-0.3, -0.25) is 0 Å². The van der Waals surface area contributed by atoms with Gasteiger partial charge in [0.05, 0.1) is 19.8 Å². The molecule has 0 aromatic rings. The summed E-state index contributed by atoms with van der Waals surface area (Å²) in [6, 6.07) is 0. The van der Waals surface area contributed by atoms with Crippen molar-refractivity contribution in [2.75, 3.05) is 26.4 Å². The topological polar surface area (TPSA) is 87.0 Å². The number of aliphatic hydroxyl groups excluding tert-OH is 3. The molecule has 0 aliphatic carbocycles. The van der Waals surface area contributed by atoms with Crippen LogP contribution in [0, 0.1) is 0 Å². The van der Waals surface area contributed by atoms with Gasteiger partial charge in [-0.25, -0.2) is 4.79 Å². The Bertz CT molecular complexity index is 214. The van der Waals surface area contributed by atoms with Crippen LogP contribution in [0.1, 0.15) is 45.4 Å². The minimum atomic E-state index is -0.296. The van der Waals surface area contributed by atoms with Crippen LogP contribution in [0.2, 0.25) is 0 Å². The monoisotopic (exact) mass is 276 g/mol. The number of unbranched alkanes of at least 4 members (excludes halogenated alkanes) is 5. The molecule has 0 aromatic heterocycles. The van der Waals surface area contributed by atoms with Crippen molar-refractivity contribution in [3.05, 3.63) is 12.2 Å². The van der Waals surface area contributed by atoms with Crippen molar-refractivity contribution in [2.45, 2.75) is 45.4 Å². The summed E-state index contributed by atoms with van der Waals surface area (Å²) in [4.78, 5) is 11.0. The van der Waals surface area contributed by atoms with Crippen LogP contribution in [0.5, 0.6) is 0 Å². The fourth-order valence-corrected chi connectivity index (χ4v) is 1.21. The average Bonchev–Trinajstić information content (AvgIpc) is 2.41. The summed E-state index contributed by atoms with van der Waals surface area (Å²) in [5.41, 5.74) is 0.456. The van der Waals surface area contributed by atoms with E-state index in [9.17, 15) is 4.79 Å². The molecule has 0 rings (SSSR count). The Kier molecular flexibility index (Phi) is 18.4. The van der Waals surface area contributed by atoms with Crippen LogP contribution in [0.4, 0.5) is 0 Å². The first-order chi connectivity index (χ1) is 9.09. The first kappa shape index (κ1) is 20.4. The Balaban J connectivity index is 0. The summed E-state index contributed by atoms with van der Waals surface area (Å²) in [6.45, 7) is 5.69. The average molecular weight is 276 g/mol. The lowest BCUT2D eigenvalue weighted by Gasteiger charge is -2.03. The molecule has 0 bridgehead atoms. The van der Waals surface area contributed by atoms with Gasteiger partial charge in [0.2, 0.25) is 0 Å². The van der Waals surface area contributed by atoms with E-state index >= 15 is 0 Å². The molecular formula is C14H28O5. The van der Waals surface area contributed by atoms with E-state index in [0.717, 1.165) is 38.5 Å². The first-order valence-corrected chi connectivity index (χ1v) is 6.75. The van der Waals surface area contributed by atoms with Crippen molar-refractivity contribution in [3.63, 3.8) is 0 Å². The molecule has 0 atom stereocenters. The molecule has 0 spiro atoms. The van der Waals surface area contributed by atoms with Crippen LogP contribution < -0.4 is 0 Å².